The molecule has 1 aliphatic rings. The zero-order valence-electron chi connectivity index (χ0n) is 22.6. The zero-order chi connectivity index (χ0) is 27.8. The second-order valence-corrected chi connectivity index (χ2v) is 10.5. The summed E-state index contributed by atoms with van der Waals surface area (Å²) in [5, 5.41) is 11.6. The average Bonchev–Trinajstić information content (AvgIpc) is 3.31. The van der Waals surface area contributed by atoms with Gasteiger partial charge in [0.15, 0.2) is 0 Å². The number of ketones is 1. The standard InChI is InChI=1S/C30H33N3O5/c1-7-38-29(37)24-17(2)22(18(3)32-24)26(34)23-25(20-10-12-21(13-11-20)30(4,5)6)33(28(36)27(23)35)16-19-9-8-14-31-15-19/h8-15,25,32,34H,7,16H2,1-6H3. The van der Waals surface area contributed by atoms with E-state index in [1.54, 1.807) is 39.2 Å². The molecule has 0 aliphatic carbocycles. The molecule has 1 amide bonds. The summed E-state index contributed by atoms with van der Waals surface area (Å²) in [5.74, 6) is -2.38. The molecule has 3 heterocycles. The Morgan fingerprint density at radius 3 is 2.39 bits per heavy atom. The van der Waals surface area contributed by atoms with Gasteiger partial charge in [0.25, 0.3) is 11.7 Å². The van der Waals surface area contributed by atoms with Gasteiger partial charge < -0.3 is 19.7 Å². The number of benzene rings is 1. The van der Waals surface area contributed by atoms with Crippen molar-refractivity contribution in [2.24, 2.45) is 0 Å². The smallest absolute Gasteiger partial charge is 0.355 e. The molecule has 0 bridgehead atoms. The molecule has 0 radical (unpaired) electrons. The molecule has 38 heavy (non-hydrogen) atoms. The number of amides is 1. The Morgan fingerprint density at radius 1 is 1.13 bits per heavy atom. The molecule has 2 N–H and O–H groups in total. The van der Waals surface area contributed by atoms with Crippen LogP contribution in [0.4, 0.5) is 0 Å². The highest BCUT2D eigenvalue weighted by molar-refractivity contribution is 6.46. The first-order valence-electron chi connectivity index (χ1n) is 12.6. The minimum atomic E-state index is -0.830. The fraction of sp³-hybridized carbons (Fsp3) is 0.333. The second-order valence-electron chi connectivity index (χ2n) is 10.5. The van der Waals surface area contributed by atoms with Gasteiger partial charge in [-0.05, 0) is 54.5 Å². The van der Waals surface area contributed by atoms with E-state index in [2.05, 4.69) is 30.7 Å². The van der Waals surface area contributed by atoms with Crippen LogP contribution in [0, 0.1) is 13.8 Å². The summed E-state index contributed by atoms with van der Waals surface area (Å²) in [5.41, 5.74) is 3.87. The molecule has 1 fully saturated rings. The molecule has 0 saturated carbocycles. The van der Waals surface area contributed by atoms with E-state index in [9.17, 15) is 19.5 Å². The van der Waals surface area contributed by atoms with Crippen molar-refractivity contribution in [2.45, 2.75) is 59.5 Å². The first-order chi connectivity index (χ1) is 18.0. The molecular weight excluding hydrogens is 482 g/mol. The third-order valence-electron chi connectivity index (χ3n) is 6.86. The van der Waals surface area contributed by atoms with E-state index in [1.807, 2.05) is 30.3 Å². The Labute approximate surface area is 222 Å². The Bertz CT molecular complexity index is 1410. The van der Waals surface area contributed by atoms with Crippen molar-refractivity contribution >= 4 is 23.4 Å². The van der Waals surface area contributed by atoms with E-state index in [4.69, 9.17) is 4.74 Å². The Morgan fingerprint density at radius 2 is 1.82 bits per heavy atom. The molecule has 0 spiro atoms. The quantitative estimate of drug-likeness (QED) is 0.204. The molecular formula is C30H33N3O5. The third kappa shape index (κ3) is 4.86. The number of aromatic nitrogens is 2. The fourth-order valence-electron chi connectivity index (χ4n) is 4.89. The highest BCUT2D eigenvalue weighted by Crippen LogP contribution is 2.42. The van der Waals surface area contributed by atoms with Crippen molar-refractivity contribution < 1.29 is 24.2 Å². The first-order valence-corrected chi connectivity index (χ1v) is 12.6. The number of esters is 1. The maximum Gasteiger partial charge on any atom is 0.355 e. The number of carbonyl (C=O) groups is 3. The number of aryl methyl sites for hydroxylation is 1. The van der Waals surface area contributed by atoms with Gasteiger partial charge in [-0.1, -0.05) is 51.1 Å². The number of Topliss-reactive ketones (excluding diaryl/α,β-unsaturated/α-hetero) is 1. The lowest BCUT2D eigenvalue weighted by Crippen LogP contribution is -2.29. The van der Waals surface area contributed by atoms with E-state index < -0.39 is 23.7 Å². The van der Waals surface area contributed by atoms with Crippen LogP contribution in [0.1, 0.15) is 77.7 Å². The van der Waals surface area contributed by atoms with Crippen LogP contribution in [0.3, 0.4) is 0 Å². The lowest BCUT2D eigenvalue weighted by Gasteiger charge is -2.26. The van der Waals surface area contributed by atoms with E-state index in [0.29, 0.717) is 22.4 Å². The summed E-state index contributed by atoms with van der Waals surface area (Å²) >= 11 is 0. The molecule has 4 rings (SSSR count). The van der Waals surface area contributed by atoms with Crippen LogP contribution in [0.2, 0.25) is 0 Å². The van der Waals surface area contributed by atoms with Gasteiger partial charge >= 0.3 is 5.97 Å². The number of aromatic amines is 1. The monoisotopic (exact) mass is 515 g/mol. The normalized spacial score (nSPS) is 17.2. The van der Waals surface area contributed by atoms with Crippen LogP contribution < -0.4 is 0 Å². The number of nitrogens with one attached hydrogen (secondary N) is 1. The number of aliphatic hydroxyl groups is 1. The Hall–Kier alpha value is -4.20. The van der Waals surface area contributed by atoms with Crippen molar-refractivity contribution in [2.75, 3.05) is 6.61 Å². The number of nitrogens with zero attached hydrogens (tertiary/aromatic N) is 2. The van der Waals surface area contributed by atoms with Crippen LogP contribution in [-0.2, 0) is 26.3 Å². The maximum absolute atomic E-state index is 13.5. The average molecular weight is 516 g/mol. The summed E-state index contributed by atoms with van der Waals surface area (Å²) in [6.07, 6.45) is 3.28. The van der Waals surface area contributed by atoms with Crippen molar-refractivity contribution in [3.8, 4) is 0 Å². The van der Waals surface area contributed by atoms with E-state index in [1.165, 1.54) is 4.90 Å². The van der Waals surface area contributed by atoms with Crippen molar-refractivity contribution in [3.63, 3.8) is 0 Å². The Balaban J connectivity index is 1.89. The summed E-state index contributed by atoms with van der Waals surface area (Å²) < 4.78 is 5.13. The van der Waals surface area contributed by atoms with Gasteiger partial charge in [0.1, 0.15) is 11.5 Å². The van der Waals surface area contributed by atoms with E-state index in [0.717, 1.165) is 11.1 Å². The third-order valence-corrected chi connectivity index (χ3v) is 6.86. The number of ether oxygens (including phenoxy) is 1. The SMILES string of the molecule is CCOC(=O)c1[nH]c(C)c(C(O)=C2C(=O)C(=O)N(Cc3cccnc3)C2c2ccc(C(C)(C)C)cc2)c1C. The predicted molar refractivity (Wildman–Crippen MR) is 143 cm³/mol. The number of rotatable bonds is 6. The van der Waals surface area contributed by atoms with Gasteiger partial charge in [0, 0.05) is 30.2 Å². The predicted octanol–water partition coefficient (Wildman–Crippen LogP) is 5.12. The molecule has 2 aromatic heterocycles. The van der Waals surface area contributed by atoms with Crippen molar-refractivity contribution in [3.05, 3.63) is 93.6 Å². The summed E-state index contributed by atoms with van der Waals surface area (Å²) in [7, 11) is 0. The van der Waals surface area contributed by atoms with Crippen LogP contribution >= 0.6 is 0 Å². The molecule has 198 valence electrons. The number of H-pyrrole nitrogens is 1. The zero-order valence-corrected chi connectivity index (χ0v) is 22.6. The maximum atomic E-state index is 13.5. The molecule has 1 aromatic carbocycles. The van der Waals surface area contributed by atoms with Crippen LogP contribution in [0.15, 0.2) is 54.4 Å². The van der Waals surface area contributed by atoms with Crippen molar-refractivity contribution in [1.29, 1.82) is 0 Å². The highest BCUT2D eigenvalue weighted by atomic mass is 16.5. The topological polar surface area (TPSA) is 113 Å². The molecule has 1 atom stereocenters. The number of hydrogen-bond acceptors (Lipinski definition) is 6. The molecule has 3 aromatic rings. The summed E-state index contributed by atoms with van der Waals surface area (Å²) in [6.45, 7) is 11.7. The van der Waals surface area contributed by atoms with Crippen LogP contribution in [-0.4, -0.2) is 44.2 Å². The molecule has 8 nitrogen and oxygen atoms in total. The number of pyridine rings is 1. The fourth-order valence-corrected chi connectivity index (χ4v) is 4.89. The largest absolute Gasteiger partial charge is 0.507 e. The van der Waals surface area contributed by atoms with Gasteiger partial charge in [0.2, 0.25) is 0 Å². The number of likely N-dealkylation sites (tertiary alicyclic amines) is 1. The number of hydrogen-bond donors (Lipinski definition) is 2. The van der Waals surface area contributed by atoms with E-state index >= 15 is 0 Å². The van der Waals surface area contributed by atoms with Gasteiger partial charge in [-0.15, -0.1) is 0 Å². The van der Waals surface area contributed by atoms with Gasteiger partial charge in [-0.3, -0.25) is 14.6 Å². The minimum absolute atomic E-state index is 0.0250. The van der Waals surface area contributed by atoms with Crippen LogP contribution in [0.25, 0.3) is 5.76 Å². The molecule has 1 saturated heterocycles. The highest BCUT2D eigenvalue weighted by Gasteiger charge is 2.46. The lowest BCUT2D eigenvalue weighted by molar-refractivity contribution is -0.140. The lowest BCUT2D eigenvalue weighted by atomic mass is 9.85. The number of carbonyl (C=O) groups excluding carboxylic acids is 3. The molecule has 8 heteroatoms. The van der Waals surface area contributed by atoms with Crippen molar-refractivity contribution in [1.82, 2.24) is 14.9 Å². The van der Waals surface area contributed by atoms with Gasteiger partial charge in [-0.25, -0.2) is 4.79 Å². The Kier molecular flexibility index (Phi) is 7.26. The van der Waals surface area contributed by atoms with Gasteiger partial charge in [0.05, 0.1) is 18.2 Å². The first kappa shape index (κ1) is 26.9. The minimum Gasteiger partial charge on any atom is -0.507 e. The molecule has 1 aliphatic heterocycles. The summed E-state index contributed by atoms with van der Waals surface area (Å²) in [4.78, 5) is 47.9. The van der Waals surface area contributed by atoms with Gasteiger partial charge in [-0.2, -0.15) is 0 Å². The van der Waals surface area contributed by atoms with Crippen LogP contribution in [0.5, 0.6) is 0 Å². The molecule has 1 unspecified atom stereocenters. The second kappa shape index (κ2) is 10.3. The van der Waals surface area contributed by atoms with E-state index in [-0.39, 0.29) is 35.6 Å². The number of aliphatic hydroxyl groups excluding tert-OH is 1. The summed E-state index contributed by atoms with van der Waals surface area (Å²) in [6, 6.07) is 10.5.